The molecule has 0 spiro atoms. The molecule has 1 saturated heterocycles. The van der Waals surface area contributed by atoms with Crippen molar-refractivity contribution in [3.8, 4) is 0 Å². The van der Waals surface area contributed by atoms with Crippen LogP contribution in [-0.2, 0) is 24.5 Å². The Morgan fingerprint density at radius 3 is 2.50 bits per heavy atom. The highest BCUT2D eigenvalue weighted by atomic mass is 32.2. The molecule has 1 N–H and O–H groups in total. The Hall–Kier alpha value is -1.19. The molecule has 0 aromatic rings. The van der Waals surface area contributed by atoms with Crippen molar-refractivity contribution in [3.05, 3.63) is 0 Å². The lowest BCUT2D eigenvalue weighted by Gasteiger charge is -2.25. The highest BCUT2D eigenvalue weighted by Crippen LogP contribution is 2.32. The van der Waals surface area contributed by atoms with Crippen LogP contribution in [0.2, 0.25) is 0 Å². The number of hydrogen-bond acceptors (Lipinski definition) is 5. The SMILES string of the molecule is COC(=O)CCN(C)S(=O)(=O)N1CCC(C)(C(=O)O)C1. The van der Waals surface area contributed by atoms with E-state index in [-0.39, 0.29) is 32.5 Å². The first-order chi connectivity index (χ1) is 9.13. The zero-order valence-corrected chi connectivity index (χ0v) is 12.6. The van der Waals surface area contributed by atoms with Gasteiger partial charge in [0, 0.05) is 26.7 Å². The number of esters is 1. The van der Waals surface area contributed by atoms with E-state index in [1.165, 1.54) is 21.1 Å². The molecule has 0 radical (unpaired) electrons. The van der Waals surface area contributed by atoms with E-state index in [1.807, 2.05) is 0 Å². The summed E-state index contributed by atoms with van der Waals surface area (Å²) >= 11 is 0. The molecular formula is C11H20N2O6S. The smallest absolute Gasteiger partial charge is 0.310 e. The van der Waals surface area contributed by atoms with Crippen molar-refractivity contribution >= 4 is 22.1 Å². The minimum Gasteiger partial charge on any atom is -0.481 e. The molecule has 1 aliphatic heterocycles. The fourth-order valence-electron chi connectivity index (χ4n) is 1.95. The Balaban J connectivity index is 2.70. The van der Waals surface area contributed by atoms with Crippen molar-refractivity contribution in [2.75, 3.05) is 33.8 Å². The number of carbonyl (C=O) groups is 2. The first kappa shape index (κ1) is 16.9. The van der Waals surface area contributed by atoms with Gasteiger partial charge in [-0.05, 0) is 13.3 Å². The van der Waals surface area contributed by atoms with Crippen molar-refractivity contribution in [3.63, 3.8) is 0 Å². The van der Waals surface area contributed by atoms with E-state index in [9.17, 15) is 18.0 Å². The van der Waals surface area contributed by atoms with E-state index in [2.05, 4.69) is 4.74 Å². The number of hydrogen-bond donors (Lipinski definition) is 1. The van der Waals surface area contributed by atoms with Gasteiger partial charge in [-0.2, -0.15) is 17.0 Å². The summed E-state index contributed by atoms with van der Waals surface area (Å²) in [5.41, 5.74) is -1.06. The van der Waals surface area contributed by atoms with Crippen molar-refractivity contribution in [2.24, 2.45) is 5.41 Å². The van der Waals surface area contributed by atoms with E-state index < -0.39 is 27.6 Å². The minimum absolute atomic E-state index is 0.00467. The van der Waals surface area contributed by atoms with Gasteiger partial charge in [0.1, 0.15) is 0 Å². The molecule has 0 bridgehead atoms. The molecule has 1 atom stereocenters. The molecule has 0 saturated carbocycles. The van der Waals surface area contributed by atoms with Gasteiger partial charge in [-0.25, -0.2) is 0 Å². The number of methoxy groups -OCH3 is 1. The van der Waals surface area contributed by atoms with E-state index >= 15 is 0 Å². The molecule has 1 heterocycles. The summed E-state index contributed by atoms with van der Waals surface area (Å²) in [4.78, 5) is 22.1. The number of nitrogens with zero attached hydrogens (tertiary/aromatic N) is 2. The Morgan fingerprint density at radius 2 is 2.05 bits per heavy atom. The molecule has 1 aliphatic rings. The molecule has 8 nitrogen and oxygen atoms in total. The van der Waals surface area contributed by atoms with Crippen LogP contribution in [0.4, 0.5) is 0 Å². The van der Waals surface area contributed by atoms with Crippen LogP contribution < -0.4 is 0 Å². The van der Waals surface area contributed by atoms with Crippen LogP contribution in [0.15, 0.2) is 0 Å². The topological polar surface area (TPSA) is 104 Å². The molecule has 0 aromatic heterocycles. The standard InChI is InChI=1S/C11H20N2O6S/c1-11(10(15)16)5-7-13(8-11)20(17,18)12(2)6-4-9(14)19-3/h4-8H2,1-3H3,(H,15,16). The lowest BCUT2D eigenvalue weighted by molar-refractivity contribution is -0.147. The predicted octanol–water partition coefficient (Wildman–Crippen LogP) is -0.477. The number of carbonyl (C=O) groups excluding carboxylic acids is 1. The molecule has 116 valence electrons. The molecule has 0 aliphatic carbocycles. The predicted molar refractivity (Wildman–Crippen MR) is 70.1 cm³/mol. The van der Waals surface area contributed by atoms with Crippen molar-refractivity contribution in [1.82, 2.24) is 8.61 Å². The third-order valence-electron chi connectivity index (χ3n) is 3.53. The first-order valence-corrected chi connectivity index (χ1v) is 7.55. The van der Waals surface area contributed by atoms with Crippen LogP contribution in [-0.4, -0.2) is 67.9 Å². The summed E-state index contributed by atoms with van der Waals surface area (Å²) < 4.78 is 31.1. The second-order valence-corrected chi connectivity index (χ2v) is 7.14. The number of ether oxygens (including phenoxy) is 1. The molecule has 1 unspecified atom stereocenters. The molecule has 9 heteroatoms. The molecule has 1 fully saturated rings. The van der Waals surface area contributed by atoms with Gasteiger partial charge in [-0.3, -0.25) is 9.59 Å². The Kier molecular flexibility index (Phi) is 5.11. The second kappa shape index (κ2) is 6.06. The minimum atomic E-state index is -3.75. The third kappa shape index (κ3) is 3.47. The van der Waals surface area contributed by atoms with Crippen molar-refractivity contribution in [1.29, 1.82) is 0 Å². The summed E-state index contributed by atoms with van der Waals surface area (Å²) in [7, 11) is -1.16. The summed E-state index contributed by atoms with van der Waals surface area (Å²) in [5.74, 6) is -1.50. The van der Waals surface area contributed by atoms with E-state index in [0.717, 1.165) is 8.61 Å². The largest absolute Gasteiger partial charge is 0.481 e. The van der Waals surface area contributed by atoms with E-state index in [1.54, 1.807) is 0 Å². The number of carboxylic acid groups (broad SMARTS) is 1. The van der Waals surface area contributed by atoms with Gasteiger partial charge in [-0.1, -0.05) is 0 Å². The maximum Gasteiger partial charge on any atom is 0.310 e. The van der Waals surface area contributed by atoms with Gasteiger partial charge < -0.3 is 9.84 Å². The fourth-order valence-corrected chi connectivity index (χ4v) is 3.44. The Bertz CT molecular complexity index is 491. The van der Waals surface area contributed by atoms with Crippen molar-refractivity contribution < 1.29 is 27.9 Å². The van der Waals surface area contributed by atoms with Crippen LogP contribution in [0.3, 0.4) is 0 Å². The molecule has 20 heavy (non-hydrogen) atoms. The Labute approximate surface area is 118 Å². The maximum atomic E-state index is 12.3. The number of carboxylic acids is 1. The van der Waals surface area contributed by atoms with Crippen molar-refractivity contribution in [2.45, 2.75) is 19.8 Å². The zero-order valence-electron chi connectivity index (χ0n) is 11.8. The first-order valence-electron chi connectivity index (χ1n) is 6.15. The molecule has 1 rings (SSSR count). The van der Waals surface area contributed by atoms with Gasteiger partial charge in [0.05, 0.1) is 18.9 Å². The lowest BCUT2D eigenvalue weighted by Crippen LogP contribution is -2.43. The van der Waals surface area contributed by atoms with Crippen LogP contribution in [0.1, 0.15) is 19.8 Å². The van der Waals surface area contributed by atoms with Gasteiger partial charge in [0.15, 0.2) is 0 Å². The normalized spacial score (nSPS) is 24.0. The average molecular weight is 308 g/mol. The highest BCUT2D eigenvalue weighted by Gasteiger charge is 2.45. The van der Waals surface area contributed by atoms with Crippen LogP contribution in [0.5, 0.6) is 0 Å². The van der Waals surface area contributed by atoms with Crippen LogP contribution in [0.25, 0.3) is 0 Å². The summed E-state index contributed by atoms with van der Waals surface area (Å²) in [6.45, 7) is 1.62. The monoisotopic (exact) mass is 308 g/mol. The van der Waals surface area contributed by atoms with E-state index in [4.69, 9.17) is 5.11 Å². The number of rotatable bonds is 6. The summed E-state index contributed by atoms with van der Waals surface area (Å²) in [5, 5.41) is 9.11. The molecule has 0 amide bonds. The molecule has 0 aromatic carbocycles. The average Bonchev–Trinajstić information content (AvgIpc) is 2.80. The summed E-state index contributed by atoms with van der Waals surface area (Å²) in [6.07, 6.45) is 0.225. The fraction of sp³-hybridized carbons (Fsp3) is 0.818. The third-order valence-corrected chi connectivity index (χ3v) is 5.47. The zero-order chi connectivity index (χ0) is 15.6. The van der Waals surface area contributed by atoms with Crippen LogP contribution >= 0.6 is 0 Å². The number of aliphatic carboxylic acids is 1. The molecular weight excluding hydrogens is 288 g/mol. The van der Waals surface area contributed by atoms with Gasteiger partial charge in [-0.15, -0.1) is 0 Å². The van der Waals surface area contributed by atoms with E-state index in [0.29, 0.717) is 0 Å². The van der Waals surface area contributed by atoms with Gasteiger partial charge in [0.2, 0.25) is 0 Å². The lowest BCUT2D eigenvalue weighted by atomic mass is 9.90. The van der Waals surface area contributed by atoms with Gasteiger partial charge >= 0.3 is 11.9 Å². The quantitative estimate of drug-likeness (QED) is 0.665. The highest BCUT2D eigenvalue weighted by molar-refractivity contribution is 7.86. The summed E-state index contributed by atoms with van der Waals surface area (Å²) in [6, 6.07) is 0. The second-order valence-electron chi connectivity index (χ2n) is 5.10. The van der Waals surface area contributed by atoms with Gasteiger partial charge in [0.25, 0.3) is 10.2 Å². The van der Waals surface area contributed by atoms with Crippen LogP contribution in [0, 0.1) is 5.41 Å². The maximum absolute atomic E-state index is 12.3. The Morgan fingerprint density at radius 1 is 1.45 bits per heavy atom.